The van der Waals surface area contributed by atoms with E-state index in [1.54, 1.807) is 0 Å². The summed E-state index contributed by atoms with van der Waals surface area (Å²) >= 11 is 0. The van der Waals surface area contributed by atoms with E-state index in [9.17, 15) is 13.6 Å². The summed E-state index contributed by atoms with van der Waals surface area (Å²) < 4.78 is 32.6. The minimum absolute atomic E-state index is 0.000556. The monoisotopic (exact) mass is 398 g/mol. The molecular weight excluding hydrogens is 378 g/mol. The highest BCUT2D eigenvalue weighted by atomic mass is 19.2. The van der Waals surface area contributed by atoms with Gasteiger partial charge in [0, 0.05) is 18.7 Å². The lowest BCUT2D eigenvalue weighted by atomic mass is 10.1. The van der Waals surface area contributed by atoms with Crippen LogP contribution < -0.4 is 10.2 Å². The van der Waals surface area contributed by atoms with Gasteiger partial charge in [0.25, 0.3) is 5.91 Å². The number of rotatable bonds is 5. The average Bonchev–Trinajstić information content (AvgIpc) is 3.25. The number of nitrogens with zero attached hydrogens (tertiary/aromatic N) is 3. The van der Waals surface area contributed by atoms with Crippen LogP contribution in [0.4, 0.5) is 14.8 Å². The first-order chi connectivity index (χ1) is 14.1. The molecule has 150 valence electrons. The van der Waals surface area contributed by atoms with Crippen LogP contribution in [0.1, 0.15) is 47.1 Å². The van der Waals surface area contributed by atoms with E-state index in [4.69, 9.17) is 4.42 Å². The highest BCUT2D eigenvalue weighted by Crippen LogP contribution is 2.26. The van der Waals surface area contributed by atoms with E-state index in [1.165, 1.54) is 12.5 Å². The first-order valence-electron chi connectivity index (χ1n) is 9.51. The lowest BCUT2D eigenvalue weighted by Crippen LogP contribution is -2.30. The summed E-state index contributed by atoms with van der Waals surface area (Å²) in [5, 5.41) is 11.1. The summed E-state index contributed by atoms with van der Waals surface area (Å²) in [5.41, 5.74) is 0.734. The SMILES string of the molecule is O=C(N[C@@H](c1ccccc1)c1nnc(N2CCCCC2)o1)c1ccc(F)c(F)c1. The van der Waals surface area contributed by atoms with Crippen LogP contribution in [0.15, 0.2) is 52.9 Å². The van der Waals surface area contributed by atoms with E-state index in [0.717, 1.165) is 43.6 Å². The molecule has 1 N–H and O–H groups in total. The second-order valence-corrected chi connectivity index (χ2v) is 6.92. The molecule has 8 heteroatoms. The largest absolute Gasteiger partial charge is 0.405 e. The molecule has 3 aromatic rings. The molecule has 0 aliphatic carbocycles. The second-order valence-electron chi connectivity index (χ2n) is 6.92. The molecule has 0 radical (unpaired) electrons. The number of aromatic nitrogens is 2. The molecule has 1 atom stereocenters. The van der Waals surface area contributed by atoms with Gasteiger partial charge in [0.05, 0.1) is 0 Å². The van der Waals surface area contributed by atoms with Crippen LogP contribution in [-0.4, -0.2) is 29.2 Å². The normalized spacial score (nSPS) is 15.2. The van der Waals surface area contributed by atoms with Crippen molar-refractivity contribution in [3.8, 4) is 0 Å². The number of anilines is 1. The van der Waals surface area contributed by atoms with Gasteiger partial charge in [-0.1, -0.05) is 35.4 Å². The number of hydrogen-bond acceptors (Lipinski definition) is 5. The minimum Gasteiger partial charge on any atom is -0.405 e. The van der Waals surface area contributed by atoms with Crippen LogP contribution >= 0.6 is 0 Å². The molecule has 6 nitrogen and oxygen atoms in total. The highest BCUT2D eigenvalue weighted by molar-refractivity contribution is 5.94. The minimum atomic E-state index is -1.08. The van der Waals surface area contributed by atoms with E-state index in [1.807, 2.05) is 35.2 Å². The molecule has 1 aliphatic heterocycles. The zero-order valence-corrected chi connectivity index (χ0v) is 15.6. The van der Waals surface area contributed by atoms with Crippen LogP contribution in [0.2, 0.25) is 0 Å². The van der Waals surface area contributed by atoms with E-state index in [-0.39, 0.29) is 11.5 Å². The number of hydrogen-bond donors (Lipinski definition) is 1. The third-order valence-corrected chi connectivity index (χ3v) is 4.89. The fourth-order valence-corrected chi connectivity index (χ4v) is 3.34. The Balaban J connectivity index is 1.61. The fourth-order valence-electron chi connectivity index (χ4n) is 3.34. The van der Waals surface area contributed by atoms with Crippen LogP contribution in [0.3, 0.4) is 0 Å². The summed E-state index contributed by atoms with van der Waals surface area (Å²) in [6, 6.07) is 11.9. The maximum Gasteiger partial charge on any atom is 0.318 e. The number of amides is 1. The van der Waals surface area contributed by atoms with Crippen molar-refractivity contribution in [2.24, 2.45) is 0 Å². The van der Waals surface area contributed by atoms with Crippen molar-refractivity contribution in [2.75, 3.05) is 18.0 Å². The third-order valence-electron chi connectivity index (χ3n) is 4.89. The van der Waals surface area contributed by atoms with Gasteiger partial charge in [-0.3, -0.25) is 4.79 Å². The maximum absolute atomic E-state index is 13.5. The Bertz CT molecular complexity index is 987. The van der Waals surface area contributed by atoms with E-state index in [2.05, 4.69) is 15.5 Å². The van der Waals surface area contributed by atoms with Gasteiger partial charge in [-0.25, -0.2) is 8.78 Å². The first-order valence-corrected chi connectivity index (χ1v) is 9.51. The molecule has 1 amide bonds. The van der Waals surface area contributed by atoms with Crippen molar-refractivity contribution >= 4 is 11.9 Å². The lowest BCUT2D eigenvalue weighted by molar-refractivity contribution is 0.0937. The van der Waals surface area contributed by atoms with Crippen LogP contribution in [-0.2, 0) is 0 Å². The predicted molar refractivity (Wildman–Crippen MR) is 102 cm³/mol. The molecule has 2 heterocycles. The Morgan fingerprint density at radius 2 is 1.76 bits per heavy atom. The summed E-state index contributed by atoms with van der Waals surface area (Å²) in [7, 11) is 0. The molecular formula is C21H20F2N4O2. The standard InChI is InChI=1S/C21H20F2N4O2/c22-16-10-9-15(13-17(16)23)19(28)24-18(14-7-3-1-4-8-14)20-25-26-21(29-20)27-11-5-2-6-12-27/h1,3-4,7-10,13,18H,2,5-6,11-12H2,(H,24,28)/t18-/m0/s1. The zero-order chi connectivity index (χ0) is 20.2. The number of piperidine rings is 1. The van der Waals surface area contributed by atoms with Crippen molar-refractivity contribution in [1.82, 2.24) is 15.5 Å². The van der Waals surface area contributed by atoms with E-state index < -0.39 is 23.6 Å². The molecule has 0 saturated carbocycles. The number of carbonyl (C=O) groups is 1. The number of carbonyl (C=O) groups excluding carboxylic acids is 1. The van der Waals surface area contributed by atoms with Gasteiger partial charge in [0.15, 0.2) is 11.6 Å². The smallest absolute Gasteiger partial charge is 0.318 e. The van der Waals surface area contributed by atoms with Gasteiger partial charge in [0.1, 0.15) is 6.04 Å². The molecule has 0 bridgehead atoms. The molecule has 1 saturated heterocycles. The topological polar surface area (TPSA) is 71.3 Å². The second kappa shape index (κ2) is 8.38. The highest BCUT2D eigenvalue weighted by Gasteiger charge is 2.26. The zero-order valence-electron chi connectivity index (χ0n) is 15.6. The third kappa shape index (κ3) is 4.26. The first kappa shape index (κ1) is 19.0. The van der Waals surface area contributed by atoms with E-state index in [0.29, 0.717) is 6.01 Å². The van der Waals surface area contributed by atoms with Gasteiger partial charge in [0.2, 0.25) is 5.89 Å². The van der Waals surface area contributed by atoms with Crippen molar-refractivity contribution in [3.63, 3.8) is 0 Å². The molecule has 1 aromatic heterocycles. The lowest BCUT2D eigenvalue weighted by Gasteiger charge is -2.24. The fraction of sp³-hybridized carbons (Fsp3) is 0.286. The molecule has 1 fully saturated rings. The van der Waals surface area contributed by atoms with Crippen molar-refractivity contribution < 1.29 is 18.0 Å². The molecule has 29 heavy (non-hydrogen) atoms. The Hall–Kier alpha value is -3.29. The maximum atomic E-state index is 13.5. The summed E-state index contributed by atoms with van der Waals surface area (Å²) in [4.78, 5) is 14.7. The molecule has 0 spiro atoms. The van der Waals surface area contributed by atoms with Crippen LogP contribution in [0.5, 0.6) is 0 Å². The summed E-state index contributed by atoms with van der Waals surface area (Å²) in [5.74, 6) is -2.44. The Morgan fingerprint density at radius 1 is 1.00 bits per heavy atom. The van der Waals surface area contributed by atoms with Crippen molar-refractivity contribution in [1.29, 1.82) is 0 Å². The summed E-state index contributed by atoms with van der Waals surface area (Å²) in [6.45, 7) is 1.69. The van der Waals surface area contributed by atoms with E-state index >= 15 is 0 Å². The van der Waals surface area contributed by atoms with Crippen LogP contribution in [0, 0.1) is 11.6 Å². The predicted octanol–water partition coefficient (Wildman–Crippen LogP) is 3.86. The van der Waals surface area contributed by atoms with Crippen molar-refractivity contribution in [3.05, 3.63) is 77.2 Å². The quantitative estimate of drug-likeness (QED) is 0.707. The number of benzene rings is 2. The Kier molecular flexibility index (Phi) is 5.50. The van der Waals surface area contributed by atoms with Gasteiger partial charge < -0.3 is 14.6 Å². The van der Waals surface area contributed by atoms with Gasteiger partial charge in [-0.05, 0) is 43.0 Å². The van der Waals surface area contributed by atoms with Gasteiger partial charge >= 0.3 is 6.01 Å². The number of halogens is 2. The number of nitrogens with one attached hydrogen (secondary N) is 1. The van der Waals surface area contributed by atoms with Crippen LogP contribution in [0.25, 0.3) is 0 Å². The summed E-state index contributed by atoms with van der Waals surface area (Å²) in [6.07, 6.45) is 3.30. The van der Waals surface area contributed by atoms with Gasteiger partial charge in [-0.15, -0.1) is 5.10 Å². The molecule has 2 aromatic carbocycles. The molecule has 4 rings (SSSR count). The molecule has 0 unspecified atom stereocenters. The average molecular weight is 398 g/mol. The molecule has 1 aliphatic rings. The van der Waals surface area contributed by atoms with Gasteiger partial charge in [-0.2, -0.15) is 0 Å². The Morgan fingerprint density at radius 3 is 2.48 bits per heavy atom. The van der Waals surface area contributed by atoms with Crippen molar-refractivity contribution in [2.45, 2.75) is 25.3 Å². The Labute approximate surface area is 166 Å².